The van der Waals surface area contributed by atoms with Gasteiger partial charge in [0.1, 0.15) is 0 Å². The Morgan fingerprint density at radius 1 is 1.30 bits per heavy atom. The third-order valence-corrected chi connectivity index (χ3v) is 4.01. The quantitative estimate of drug-likeness (QED) is 0.623. The van der Waals surface area contributed by atoms with Crippen LogP contribution in [0, 0.1) is 0 Å². The molecule has 2 nitrogen and oxygen atoms in total. The fourth-order valence-corrected chi connectivity index (χ4v) is 2.76. The molecule has 2 aromatic rings. The first-order valence-corrected chi connectivity index (χ1v) is 7.29. The van der Waals surface area contributed by atoms with Crippen LogP contribution in [0.5, 0.6) is 0 Å². The second-order valence-electron chi connectivity index (χ2n) is 4.38. The molecule has 0 fully saturated rings. The van der Waals surface area contributed by atoms with Gasteiger partial charge in [-0.1, -0.05) is 49.6 Å². The van der Waals surface area contributed by atoms with E-state index >= 15 is 0 Å². The van der Waals surface area contributed by atoms with E-state index in [1.54, 1.807) is 18.0 Å². The van der Waals surface area contributed by atoms with Crippen LogP contribution in [0.1, 0.15) is 6.92 Å². The minimum absolute atomic E-state index is 0.189. The molecule has 1 aromatic heterocycles. The van der Waals surface area contributed by atoms with E-state index in [1.165, 1.54) is 0 Å². The van der Waals surface area contributed by atoms with Crippen LogP contribution in [-0.4, -0.2) is 11.0 Å². The van der Waals surface area contributed by atoms with Crippen molar-refractivity contribution in [3.05, 3.63) is 73.5 Å². The Morgan fingerprint density at radius 3 is 2.85 bits per heavy atom. The van der Waals surface area contributed by atoms with Gasteiger partial charge in [-0.3, -0.25) is 9.71 Å². The maximum absolute atomic E-state index is 4.45. The predicted octanol–water partition coefficient (Wildman–Crippen LogP) is 4.52. The lowest BCUT2D eigenvalue weighted by Gasteiger charge is -2.14. The Hall–Kier alpha value is -1.84. The summed E-state index contributed by atoms with van der Waals surface area (Å²) < 4.78 is 3.42. The van der Waals surface area contributed by atoms with Crippen LogP contribution < -0.4 is 4.72 Å². The lowest BCUT2D eigenvalue weighted by atomic mass is 10.1. The van der Waals surface area contributed by atoms with Crippen LogP contribution in [0.15, 0.2) is 78.4 Å². The Kier molecular flexibility index (Phi) is 5.16. The summed E-state index contributed by atoms with van der Waals surface area (Å²) in [4.78, 5) is 5.57. The molecule has 0 aliphatic rings. The van der Waals surface area contributed by atoms with Gasteiger partial charge >= 0.3 is 0 Å². The number of hydrogen-bond acceptors (Lipinski definition) is 3. The molecule has 0 bridgehead atoms. The molecular formula is C17H18N2S. The first-order valence-electron chi connectivity index (χ1n) is 6.47. The highest BCUT2D eigenvalue weighted by atomic mass is 32.2. The van der Waals surface area contributed by atoms with Gasteiger partial charge in [-0.2, -0.15) is 0 Å². The van der Waals surface area contributed by atoms with Crippen molar-refractivity contribution in [2.24, 2.45) is 0 Å². The van der Waals surface area contributed by atoms with Crippen molar-refractivity contribution in [1.29, 1.82) is 0 Å². The molecule has 1 unspecified atom stereocenters. The van der Waals surface area contributed by atoms with Gasteiger partial charge in [-0.05, 0) is 36.6 Å². The number of aromatic nitrogens is 1. The molecule has 0 spiro atoms. The van der Waals surface area contributed by atoms with E-state index in [4.69, 9.17) is 0 Å². The Balaban J connectivity index is 2.15. The molecule has 1 aromatic carbocycles. The van der Waals surface area contributed by atoms with Gasteiger partial charge in [0.05, 0.1) is 5.52 Å². The molecule has 1 heterocycles. The second kappa shape index (κ2) is 7.08. The smallest absolute Gasteiger partial charge is 0.0850 e. The van der Waals surface area contributed by atoms with E-state index < -0.39 is 0 Å². The molecule has 1 atom stereocenters. The number of benzene rings is 1. The summed E-state index contributed by atoms with van der Waals surface area (Å²) in [5, 5.41) is 1.15. The fourth-order valence-electron chi connectivity index (χ4n) is 1.90. The average Bonchev–Trinajstić information content (AvgIpc) is 2.50. The van der Waals surface area contributed by atoms with Crippen LogP contribution in [0.3, 0.4) is 0 Å². The lowest BCUT2D eigenvalue weighted by Crippen LogP contribution is -2.20. The van der Waals surface area contributed by atoms with Crippen molar-refractivity contribution >= 4 is 22.9 Å². The van der Waals surface area contributed by atoms with Gasteiger partial charge in [0.15, 0.2) is 0 Å². The molecule has 1 N–H and O–H groups in total. The Bertz CT molecular complexity index is 641. The number of fused-ring (bicyclic) bond motifs is 1. The lowest BCUT2D eigenvalue weighted by molar-refractivity contribution is 0.818. The molecule has 102 valence electrons. The fraction of sp³-hybridized carbons (Fsp3) is 0.118. The molecule has 0 saturated carbocycles. The minimum Gasteiger partial charge on any atom is -0.255 e. The molecule has 0 radical (unpaired) electrons. The van der Waals surface area contributed by atoms with Crippen molar-refractivity contribution in [2.45, 2.75) is 17.9 Å². The SMILES string of the molecule is C=C/C=C(/C=C)C(C)NSc1cccc2cccnc12. The Labute approximate surface area is 124 Å². The molecule has 0 amide bonds. The zero-order valence-corrected chi connectivity index (χ0v) is 12.4. The van der Waals surface area contributed by atoms with Crippen molar-refractivity contribution < 1.29 is 0 Å². The topological polar surface area (TPSA) is 24.9 Å². The second-order valence-corrected chi connectivity index (χ2v) is 5.26. The standard InChI is InChI=1S/C17H18N2S/c1-4-8-14(5-2)13(3)19-20-16-11-6-9-15-10-7-12-18-17(15)16/h4-13,19H,1-2H2,3H3/b14-8-. The summed E-state index contributed by atoms with van der Waals surface area (Å²) in [6.45, 7) is 9.65. The van der Waals surface area contributed by atoms with Crippen LogP contribution in [0.4, 0.5) is 0 Å². The van der Waals surface area contributed by atoms with Gasteiger partial charge in [-0.25, -0.2) is 0 Å². The highest BCUT2D eigenvalue weighted by Crippen LogP contribution is 2.25. The van der Waals surface area contributed by atoms with E-state index in [-0.39, 0.29) is 6.04 Å². The summed E-state index contributed by atoms with van der Waals surface area (Å²) in [6.07, 6.45) is 7.41. The third kappa shape index (κ3) is 3.38. The monoisotopic (exact) mass is 282 g/mol. The van der Waals surface area contributed by atoms with Crippen LogP contribution in [0.2, 0.25) is 0 Å². The van der Waals surface area contributed by atoms with Gasteiger partial charge in [-0.15, -0.1) is 0 Å². The van der Waals surface area contributed by atoms with Crippen molar-refractivity contribution in [2.75, 3.05) is 0 Å². The van der Waals surface area contributed by atoms with Gasteiger partial charge in [0.2, 0.25) is 0 Å². The predicted molar refractivity (Wildman–Crippen MR) is 88.7 cm³/mol. The first-order chi connectivity index (χ1) is 9.76. The van der Waals surface area contributed by atoms with Gasteiger partial charge < -0.3 is 0 Å². The third-order valence-electron chi connectivity index (χ3n) is 2.99. The molecule has 2 rings (SSSR count). The molecule has 3 heteroatoms. The van der Waals surface area contributed by atoms with E-state index in [0.29, 0.717) is 0 Å². The summed E-state index contributed by atoms with van der Waals surface area (Å²) in [6, 6.07) is 10.4. The van der Waals surface area contributed by atoms with E-state index in [2.05, 4.69) is 48.0 Å². The minimum atomic E-state index is 0.189. The number of nitrogens with zero attached hydrogens (tertiary/aromatic N) is 1. The number of nitrogens with one attached hydrogen (secondary N) is 1. The number of rotatable bonds is 6. The van der Waals surface area contributed by atoms with Crippen molar-refractivity contribution in [3.8, 4) is 0 Å². The molecular weight excluding hydrogens is 264 g/mol. The number of para-hydroxylation sites is 1. The average molecular weight is 282 g/mol. The van der Waals surface area contributed by atoms with Crippen LogP contribution in [0.25, 0.3) is 10.9 Å². The van der Waals surface area contributed by atoms with E-state index in [1.807, 2.05) is 30.5 Å². The zero-order valence-electron chi connectivity index (χ0n) is 11.5. The molecule has 0 aliphatic heterocycles. The summed E-state index contributed by atoms with van der Waals surface area (Å²) in [7, 11) is 0. The maximum atomic E-state index is 4.45. The zero-order chi connectivity index (χ0) is 14.4. The van der Waals surface area contributed by atoms with Crippen LogP contribution >= 0.6 is 11.9 Å². The first kappa shape index (κ1) is 14.6. The summed E-state index contributed by atoms with van der Waals surface area (Å²) in [5.41, 5.74) is 2.13. The number of hydrogen-bond donors (Lipinski definition) is 1. The van der Waals surface area contributed by atoms with Gasteiger partial charge in [0, 0.05) is 22.5 Å². The normalized spacial score (nSPS) is 13.2. The van der Waals surface area contributed by atoms with Crippen molar-refractivity contribution in [1.82, 2.24) is 9.71 Å². The van der Waals surface area contributed by atoms with Crippen LogP contribution in [-0.2, 0) is 0 Å². The Morgan fingerprint density at radius 2 is 2.10 bits per heavy atom. The highest BCUT2D eigenvalue weighted by molar-refractivity contribution is 7.97. The molecule has 20 heavy (non-hydrogen) atoms. The van der Waals surface area contributed by atoms with E-state index in [9.17, 15) is 0 Å². The van der Waals surface area contributed by atoms with Crippen molar-refractivity contribution in [3.63, 3.8) is 0 Å². The molecule has 0 aliphatic carbocycles. The molecule has 0 saturated heterocycles. The highest BCUT2D eigenvalue weighted by Gasteiger charge is 2.07. The number of pyridine rings is 1. The number of allylic oxidation sites excluding steroid dienone is 2. The summed E-state index contributed by atoms with van der Waals surface area (Å²) in [5.74, 6) is 0. The maximum Gasteiger partial charge on any atom is 0.0850 e. The van der Waals surface area contributed by atoms with Gasteiger partial charge in [0.25, 0.3) is 0 Å². The summed E-state index contributed by atoms with van der Waals surface area (Å²) >= 11 is 1.59. The largest absolute Gasteiger partial charge is 0.255 e. The van der Waals surface area contributed by atoms with E-state index in [0.717, 1.165) is 21.4 Å².